The van der Waals surface area contributed by atoms with Crippen molar-refractivity contribution in [2.24, 2.45) is 0 Å². The largest absolute Gasteiger partial charge is 0.457 e. The fraction of sp³-hybridized carbons (Fsp3) is 0.0455. The van der Waals surface area contributed by atoms with Crippen LogP contribution in [0.25, 0.3) is 11.0 Å². The lowest BCUT2D eigenvalue weighted by molar-refractivity contribution is 0.0958. The van der Waals surface area contributed by atoms with Gasteiger partial charge in [-0.25, -0.2) is 4.79 Å². The molecule has 0 fully saturated rings. The van der Waals surface area contributed by atoms with Crippen LogP contribution in [0, 0.1) is 0 Å². The van der Waals surface area contributed by atoms with Gasteiger partial charge in [-0.15, -0.1) is 0 Å². The number of ether oxygens (including phenoxy) is 1. The van der Waals surface area contributed by atoms with Crippen LogP contribution in [-0.4, -0.2) is 33.9 Å². The standard InChI is InChI=1S/C22H17ClN6O3/c1-24-21(30)20-12-15(6-7-25-20)32-14-3-5-17(16(23)11-14)29-22(31)28-13-2-4-18-19(10-13)27-9-8-26-18/h2-12H,1H3,(H,24,30)(H2,28,29,31). The van der Waals surface area contributed by atoms with E-state index < -0.39 is 6.03 Å². The molecule has 4 rings (SSSR count). The van der Waals surface area contributed by atoms with Gasteiger partial charge in [0.1, 0.15) is 17.2 Å². The summed E-state index contributed by atoms with van der Waals surface area (Å²) in [5.41, 5.74) is 2.59. The van der Waals surface area contributed by atoms with Crippen LogP contribution in [0.15, 0.2) is 67.1 Å². The van der Waals surface area contributed by atoms with Gasteiger partial charge in [-0.2, -0.15) is 0 Å². The van der Waals surface area contributed by atoms with Crippen LogP contribution in [-0.2, 0) is 0 Å². The maximum Gasteiger partial charge on any atom is 0.323 e. The Morgan fingerprint density at radius 2 is 1.62 bits per heavy atom. The van der Waals surface area contributed by atoms with Crippen molar-refractivity contribution >= 4 is 45.9 Å². The molecule has 0 aliphatic carbocycles. The Labute approximate surface area is 187 Å². The minimum atomic E-state index is -0.465. The van der Waals surface area contributed by atoms with Crippen LogP contribution in [0.4, 0.5) is 16.2 Å². The summed E-state index contributed by atoms with van der Waals surface area (Å²) in [6, 6.07) is 12.7. The Balaban J connectivity index is 1.42. The zero-order valence-corrected chi connectivity index (χ0v) is 17.6. The van der Waals surface area contributed by atoms with E-state index in [-0.39, 0.29) is 16.6 Å². The lowest BCUT2D eigenvalue weighted by atomic mass is 10.2. The van der Waals surface area contributed by atoms with Crippen LogP contribution in [0.5, 0.6) is 11.5 Å². The van der Waals surface area contributed by atoms with Gasteiger partial charge in [-0.3, -0.25) is 19.7 Å². The number of halogens is 1. The monoisotopic (exact) mass is 448 g/mol. The lowest BCUT2D eigenvalue weighted by Crippen LogP contribution is -2.19. The molecule has 9 nitrogen and oxygen atoms in total. The summed E-state index contributed by atoms with van der Waals surface area (Å²) in [7, 11) is 1.52. The van der Waals surface area contributed by atoms with Crippen LogP contribution in [0.1, 0.15) is 10.5 Å². The molecule has 10 heteroatoms. The molecule has 32 heavy (non-hydrogen) atoms. The lowest BCUT2D eigenvalue weighted by Gasteiger charge is -2.11. The van der Waals surface area contributed by atoms with Crippen molar-refractivity contribution in [3.8, 4) is 11.5 Å². The number of hydrogen-bond acceptors (Lipinski definition) is 6. The number of pyridine rings is 1. The summed E-state index contributed by atoms with van der Waals surface area (Å²) in [6.07, 6.45) is 4.66. The Hall–Kier alpha value is -4.24. The van der Waals surface area contributed by atoms with Crippen molar-refractivity contribution in [1.29, 1.82) is 0 Å². The Kier molecular flexibility index (Phi) is 6.09. The summed E-state index contributed by atoms with van der Waals surface area (Å²) in [4.78, 5) is 36.5. The van der Waals surface area contributed by atoms with Crippen molar-refractivity contribution in [3.63, 3.8) is 0 Å². The molecule has 4 aromatic rings. The molecule has 2 heterocycles. The first-order valence-corrected chi connectivity index (χ1v) is 9.84. The van der Waals surface area contributed by atoms with Gasteiger partial charge in [0.25, 0.3) is 5.91 Å². The minimum absolute atomic E-state index is 0.228. The highest BCUT2D eigenvalue weighted by Gasteiger charge is 2.10. The third-order valence-corrected chi connectivity index (χ3v) is 4.66. The van der Waals surface area contributed by atoms with E-state index in [0.29, 0.717) is 28.4 Å². The van der Waals surface area contributed by atoms with Gasteiger partial charge in [-0.05, 0) is 36.4 Å². The number of nitrogens with one attached hydrogen (secondary N) is 3. The number of amides is 3. The number of anilines is 2. The van der Waals surface area contributed by atoms with E-state index in [1.165, 1.54) is 19.3 Å². The summed E-state index contributed by atoms with van der Waals surface area (Å²) >= 11 is 6.31. The Morgan fingerprint density at radius 1 is 0.844 bits per heavy atom. The average Bonchev–Trinajstić information content (AvgIpc) is 2.80. The molecule has 0 aliphatic rings. The van der Waals surface area contributed by atoms with Crippen LogP contribution >= 0.6 is 11.6 Å². The number of urea groups is 1. The number of benzene rings is 2. The van der Waals surface area contributed by atoms with E-state index in [1.54, 1.807) is 54.9 Å². The van der Waals surface area contributed by atoms with Gasteiger partial charge in [0.2, 0.25) is 0 Å². The highest BCUT2D eigenvalue weighted by atomic mass is 35.5. The first kappa shape index (κ1) is 21.0. The van der Waals surface area contributed by atoms with Gasteiger partial charge in [0.15, 0.2) is 0 Å². The second kappa shape index (κ2) is 9.27. The van der Waals surface area contributed by atoms with Crippen LogP contribution < -0.4 is 20.7 Å². The van der Waals surface area contributed by atoms with Gasteiger partial charge in [0.05, 0.1) is 21.7 Å². The normalized spacial score (nSPS) is 10.4. The SMILES string of the molecule is CNC(=O)c1cc(Oc2ccc(NC(=O)Nc3ccc4nccnc4c3)c(Cl)c2)ccn1. The zero-order chi connectivity index (χ0) is 22.5. The number of nitrogens with zero attached hydrogens (tertiary/aromatic N) is 3. The molecule has 0 unspecified atom stereocenters. The van der Waals surface area contributed by atoms with Crippen molar-refractivity contribution in [2.75, 3.05) is 17.7 Å². The maximum absolute atomic E-state index is 12.4. The molecule has 2 aromatic heterocycles. The van der Waals surface area contributed by atoms with E-state index in [2.05, 4.69) is 30.9 Å². The highest BCUT2D eigenvalue weighted by molar-refractivity contribution is 6.34. The van der Waals surface area contributed by atoms with E-state index in [4.69, 9.17) is 16.3 Å². The fourth-order valence-corrected chi connectivity index (χ4v) is 3.07. The molecule has 0 bridgehead atoms. The molecule has 3 N–H and O–H groups in total. The zero-order valence-electron chi connectivity index (χ0n) is 16.8. The van der Waals surface area contributed by atoms with Crippen LogP contribution in [0.3, 0.4) is 0 Å². The number of carbonyl (C=O) groups excluding carboxylic acids is 2. The molecule has 0 atom stereocenters. The molecule has 3 amide bonds. The molecule has 0 saturated heterocycles. The Bertz CT molecular complexity index is 1310. The van der Waals surface area contributed by atoms with Crippen molar-refractivity contribution < 1.29 is 14.3 Å². The van der Waals surface area contributed by atoms with Crippen molar-refractivity contribution in [3.05, 3.63) is 77.8 Å². The molecular formula is C22H17ClN6O3. The fourth-order valence-electron chi connectivity index (χ4n) is 2.85. The molecule has 0 saturated carbocycles. The highest BCUT2D eigenvalue weighted by Crippen LogP contribution is 2.30. The number of rotatable bonds is 5. The average molecular weight is 449 g/mol. The quantitative estimate of drug-likeness (QED) is 0.414. The first-order chi connectivity index (χ1) is 15.5. The van der Waals surface area contributed by atoms with E-state index in [1.807, 2.05) is 0 Å². The second-order valence-corrected chi connectivity index (χ2v) is 6.95. The van der Waals surface area contributed by atoms with E-state index in [0.717, 1.165) is 5.52 Å². The number of hydrogen-bond donors (Lipinski definition) is 3. The van der Waals surface area contributed by atoms with Gasteiger partial charge < -0.3 is 20.7 Å². The van der Waals surface area contributed by atoms with E-state index >= 15 is 0 Å². The summed E-state index contributed by atoms with van der Waals surface area (Å²) in [6.45, 7) is 0. The van der Waals surface area contributed by atoms with Crippen molar-refractivity contribution in [1.82, 2.24) is 20.3 Å². The first-order valence-electron chi connectivity index (χ1n) is 9.46. The molecule has 2 aromatic carbocycles. The van der Waals surface area contributed by atoms with Gasteiger partial charge >= 0.3 is 6.03 Å². The van der Waals surface area contributed by atoms with Crippen LogP contribution in [0.2, 0.25) is 5.02 Å². The predicted octanol–water partition coefficient (Wildman–Crippen LogP) is 4.47. The maximum atomic E-state index is 12.4. The summed E-state index contributed by atoms with van der Waals surface area (Å²) < 4.78 is 5.75. The molecular weight excluding hydrogens is 432 g/mol. The number of aromatic nitrogens is 3. The Morgan fingerprint density at radius 3 is 2.41 bits per heavy atom. The molecule has 0 radical (unpaired) electrons. The third kappa shape index (κ3) is 4.90. The van der Waals surface area contributed by atoms with E-state index in [9.17, 15) is 9.59 Å². The van der Waals surface area contributed by atoms with Gasteiger partial charge in [-0.1, -0.05) is 11.6 Å². The summed E-state index contributed by atoms with van der Waals surface area (Å²) in [5, 5.41) is 8.21. The van der Waals surface area contributed by atoms with Crippen molar-refractivity contribution in [2.45, 2.75) is 0 Å². The third-order valence-electron chi connectivity index (χ3n) is 4.34. The topological polar surface area (TPSA) is 118 Å². The van der Waals surface area contributed by atoms with Gasteiger partial charge in [0, 0.05) is 43.5 Å². The smallest absolute Gasteiger partial charge is 0.323 e. The second-order valence-electron chi connectivity index (χ2n) is 6.54. The summed E-state index contributed by atoms with van der Waals surface area (Å²) in [5.74, 6) is 0.535. The number of fused-ring (bicyclic) bond motifs is 1. The molecule has 160 valence electrons. The predicted molar refractivity (Wildman–Crippen MR) is 121 cm³/mol. The molecule has 0 spiro atoms. The minimum Gasteiger partial charge on any atom is -0.457 e. The number of carbonyl (C=O) groups is 2. The molecule has 0 aliphatic heterocycles.